The lowest BCUT2D eigenvalue weighted by atomic mass is 10.2. The fraction of sp³-hybridized carbons (Fsp3) is 0.0435. The van der Waals surface area contributed by atoms with Crippen LogP contribution < -0.4 is 16.4 Å². The van der Waals surface area contributed by atoms with Crippen molar-refractivity contribution < 1.29 is 4.79 Å². The molecule has 0 atom stereocenters. The Morgan fingerprint density at radius 1 is 1.15 bits per heavy atom. The van der Waals surface area contributed by atoms with Crippen LogP contribution in [0.2, 0.25) is 5.02 Å². The van der Waals surface area contributed by atoms with Gasteiger partial charge >= 0.3 is 0 Å². The second-order valence-electron chi connectivity index (χ2n) is 7.22. The molecule has 5 aromatic rings. The third-order valence-corrected chi connectivity index (χ3v) is 6.19. The van der Waals surface area contributed by atoms with E-state index in [4.69, 9.17) is 17.3 Å². The maximum absolute atomic E-state index is 12.7. The van der Waals surface area contributed by atoms with Crippen molar-refractivity contribution in [1.29, 1.82) is 0 Å². The summed E-state index contributed by atoms with van der Waals surface area (Å²) in [7, 11) is 0. The number of halogens is 1. The topological polar surface area (TPSA) is 110 Å². The van der Waals surface area contributed by atoms with E-state index < -0.39 is 0 Å². The number of thiazole rings is 1. The number of imidazole rings is 1. The average molecular weight is 476 g/mol. The van der Waals surface area contributed by atoms with Crippen molar-refractivity contribution in [3.05, 3.63) is 83.4 Å². The van der Waals surface area contributed by atoms with Crippen LogP contribution in [0, 0.1) is 6.92 Å². The second kappa shape index (κ2) is 8.53. The van der Waals surface area contributed by atoms with Gasteiger partial charge in [-0.2, -0.15) is 0 Å². The minimum atomic E-state index is -0.281. The molecule has 1 amide bonds. The van der Waals surface area contributed by atoms with Crippen molar-refractivity contribution >= 4 is 56.8 Å². The molecule has 8 nitrogen and oxygen atoms in total. The smallest absolute Gasteiger partial charge is 0.255 e. The number of amides is 1. The number of pyridine rings is 2. The van der Waals surface area contributed by atoms with Gasteiger partial charge in [0.1, 0.15) is 5.82 Å². The molecule has 4 heterocycles. The van der Waals surface area contributed by atoms with E-state index in [1.165, 1.54) is 11.3 Å². The van der Waals surface area contributed by atoms with Gasteiger partial charge in [-0.15, -0.1) is 0 Å². The first kappa shape index (κ1) is 20.9. The van der Waals surface area contributed by atoms with Crippen molar-refractivity contribution in [3.63, 3.8) is 0 Å². The van der Waals surface area contributed by atoms with Crippen LogP contribution in [-0.2, 0) is 0 Å². The molecule has 0 saturated heterocycles. The van der Waals surface area contributed by atoms with Gasteiger partial charge in [-0.1, -0.05) is 29.0 Å². The van der Waals surface area contributed by atoms with Crippen LogP contribution in [0.1, 0.15) is 16.1 Å². The molecule has 0 aliphatic heterocycles. The van der Waals surface area contributed by atoms with Gasteiger partial charge in [-0.05, 0) is 49.4 Å². The van der Waals surface area contributed by atoms with Gasteiger partial charge in [-0.25, -0.2) is 15.0 Å². The summed E-state index contributed by atoms with van der Waals surface area (Å²) in [5, 5.41) is 7.34. The number of nitrogens with one attached hydrogen (secondary N) is 2. The van der Waals surface area contributed by atoms with Crippen LogP contribution in [0.25, 0.3) is 16.2 Å². The summed E-state index contributed by atoms with van der Waals surface area (Å²) in [6, 6.07) is 14.3. The second-order valence-corrected chi connectivity index (χ2v) is 8.66. The molecule has 0 unspecified atom stereocenters. The third kappa shape index (κ3) is 4.11. The molecule has 10 heteroatoms. The minimum absolute atomic E-state index is 0.263. The zero-order valence-electron chi connectivity index (χ0n) is 17.4. The summed E-state index contributed by atoms with van der Waals surface area (Å²) in [5.41, 5.74) is 10.0. The van der Waals surface area contributed by atoms with E-state index in [0.29, 0.717) is 27.1 Å². The van der Waals surface area contributed by atoms with Gasteiger partial charge in [0, 0.05) is 29.8 Å². The number of aromatic nitrogens is 4. The maximum atomic E-state index is 12.7. The first-order chi connectivity index (χ1) is 16.0. The van der Waals surface area contributed by atoms with Crippen LogP contribution >= 0.6 is 22.9 Å². The molecule has 164 valence electrons. The van der Waals surface area contributed by atoms with Crippen LogP contribution in [0.5, 0.6) is 0 Å². The molecule has 0 bridgehead atoms. The molecule has 0 aliphatic carbocycles. The molecule has 4 N–H and O–H groups in total. The molecule has 0 saturated carbocycles. The zero-order valence-corrected chi connectivity index (χ0v) is 19.0. The summed E-state index contributed by atoms with van der Waals surface area (Å²) >= 11 is 7.78. The average Bonchev–Trinajstić information content (AvgIpc) is 3.39. The molecule has 0 aliphatic rings. The first-order valence-corrected chi connectivity index (χ1v) is 11.2. The predicted molar refractivity (Wildman–Crippen MR) is 132 cm³/mol. The Morgan fingerprint density at radius 2 is 2.03 bits per heavy atom. The maximum Gasteiger partial charge on any atom is 0.255 e. The summed E-state index contributed by atoms with van der Waals surface area (Å²) in [5.74, 6) is -0.0177. The largest absolute Gasteiger partial charge is 0.382 e. The molecule has 33 heavy (non-hydrogen) atoms. The van der Waals surface area contributed by atoms with Gasteiger partial charge in [0.2, 0.25) is 0 Å². The molecular weight excluding hydrogens is 458 g/mol. The lowest BCUT2D eigenvalue weighted by molar-refractivity contribution is 0.102. The number of hydrogen-bond acceptors (Lipinski definition) is 7. The van der Waals surface area contributed by atoms with E-state index in [-0.39, 0.29) is 11.7 Å². The fourth-order valence-electron chi connectivity index (χ4n) is 3.47. The van der Waals surface area contributed by atoms with Gasteiger partial charge in [0.05, 0.1) is 27.0 Å². The Hall–Kier alpha value is -3.95. The SMILES string of the molecule is Cc1nc2c(Cl)cccn2c1-c1cnc(Nc2cccc(C(=O)Nc3cccnc3N)c2)s1. The van der Waals surface area contributed by atoms with Gasteiger partial charge in [-0.3, -0.25) is 9.20 Å². The number of hydrogen-bond donors (Lipinski definition) is 3. The predicted octanol–water partition coefficient (Wildman–Crippen LogP) is 5.39. The highest BCUT2D eigenvalue weighted by Crippen LogP contribution is 2.34. The van der Waals surface area contributed by atoms with E-state index in [2.05, 4.69) is 25.6 Å². The van der Waals surface area contributed by atoms with Crippen molar-refractivity contribution in [2.75, 3.05) is 16.4 Å². The summed E-state index contributed by atoms with van der Waals surface area (Å²) < 4.78 is 1.96. The lowest BCUT2D eigenvalue weighted by Gasteiger charge is -2.08. The molecular formula is C23H18ClN7OS. The Balaban J connectivity index is 1.38. The van der Waals surface area contributed by atoms with Crippen molar-refractivity contribution in [2.45, 2.75) is 6.92 Å². The standard InChI is InChI=1S/C23H18ClN7OS/c1-13-19(31-10-4-7-16(24)21(31)28-13)18-12-27-23(33-18)29-15-6-2-5-14(11-15)22(32)30-17-8-3-9-26-20(17)25/h2-12H,1H3,(H2,25,26)(H,27,29)(H,30,32). The Kier molecular flexibility index (Phi) is 5.41. The Labute approximate surface area is 198 Å². The lowest BCUT2D eigenvalue weighted by Crippen LogP contribution is -2.13. The molecule has 0 radical (unpaired) electrons. The number of benzene rings is 1. The minimum Gasteiger partial charge on any atom is -0.382 e. The van der Waals surface area contributed by atoms with Crippen molar-refractivity contribution in [2.24, 2.45) is 0 Å². The summed E-state index contributed by atoms with van der Waals surface area (Å²) in [4.78, 5) is 26.7. The summed E-state index contributed by atoms with van der Waals surface area (Å²) in [6.45, 7) is 1.95. The van der Waals surface area contributed by atoms with Crippen LogP contribution in [0.3, 0.4) is 0 Å². The van der Waals surface area contributed by atoms with E-state index >= 15 is 0 Å². The number of rotatable bonds is 5. The quantitative estimate of drug-likeness (QED) is 0.314. The van der Waals surface area contributed by atoms with E-state index in [1.807, 2.05) is 35.7 Å². The Morgan fingerprint density at radius 3 is 2.88 bits per heavy atom. The number of aryl methyl sites for hydroxylation is 1. The van der Waals surface area contributed by atoms with Crippen LogP contribution in [0.15, 0.2) is 67.1 Å². The van der Waals surface area contributed by atoms with Gasteiger partial charge in [0.15, 0.2) is 10.8 Å². The monoisotopic (exact) mass is 475 g/mol. The van der Waals surface area contributed by atoms with E-state index in [9.17, 15) is 4.79 Å². The number of fused-ring (bicyclic) bond motifs is 1. The Bertz CT molecular complexity index is 1490. The molecule has 0 spiro atoms. The highest BCUT2D eigenvalue weighted by Gasteiger charge is 2.16. The highest BCUT2D eigenvalue weighted by atomic mass is 35.5. The number of nitrogen functional groups attached to an aromatic ring is 1. The number of anilines is 4. The zero-order chi connectivity index (χ0) is 22.9. The number of carbonyl (C=O) groups excluding carboxylic acids is 1. The van der Waals surface area contributed by atoms with Crippen LogP contribution in [0.4, 0.5) is 22.3 Å². The first-order valence-electron chi connectivity index (χ1n) is 9.98. The molecule has 1 aromatic carbocycles. The van der Waals surface area contributed by atoms with Crippen LogP contribution in [-0.4, -0.2) is 25.3 Å². The number of carbonyl (C=O) groups is 1. The fourth-order valence-corrected chi connectivity index (χ4v) is 4.60. The molecule has 5 rings (SSSR count). The van der Waals surface area contributed by atoms with Gasteiger partial charge in [0.25, 0.3) is 5.91 Å². The van der Waals surface area contributed by atoms with Crippen molar-refractivity contribution in [1.82, 2.24) is 19.4 Å². The number of nitrogens with two attached hydrogens (primary N) is 1. The van der Waals surface area contributed by atoms with E-state index in [1.54, 1.807) is 42.7 Å². The molecule has 0 fully saturated rings. The third-order valence-electron chi connectivity index (χ3n) is 4.98. The molecule has 4 aromatic heterocycles. The number of nitrogens with zero attached hydrogens (tertiary/aromatic N) is 4. The summed E-state index contributed by atoms with van der Waals surface area (Å²) in [6.07, 6.45) is 5.30. The van der Waals surface area contributed by atoms with Gasteiger partial charge < -0.3 is 16.4 Å². The highest BCUT2D eigenvalue weighted by molar-refractivity contribution is 7.18. The van der Waals surface area contributed by atoms with E-state index in [0.717, 1.165) is 22.0 Å². The normalized spacial score (nSPS) is 11.0. The van der Waals surface area contributed by atoms with Crippen molar-refractivity contribution in [3.8, 4) is 10.6 Å².